The van der Waals surface area contributed by atoms with Gasteiger partial charge in [0.1, 0.15) is 0 Å². The van der Waals surface area contributed by atoms with Gasteiger partial charge in [0.25, 0.3) is 5.91 Å². The van der Waals surface area contributed by atoms with Crippen LogP contribution in [0.2, 0.25) is 0 Å². The molecule has 1 aliphatic rings. The lowest BCUT2D eigenvalue weighted by atomic mass is 9.88. The van der Waals surface area contributed by atoms with Gasteiger partial charge >= 0.3 is 0 Å². The Morgan fingerprint density at radius 3 is 2.65 bits per heavy atom. The van der Waals surface area contributed by atoms with E-state index in [9.17, 15) is 4.79 Å². The van der Waals surface area contributed by atoms with Crippen LogP contribution in [0.1, 0.15) is 42.6 Å². The minimum absolute atomic E-state index is 0.180. The van der Waals surface area contributed by atoms with E-state index in [2.05, 4.69) is 27.2 Å². The highest BCUT2D eigenvalue weighted by molar-refractivity contribution is 8.00. The van der Waals surface area contributed by atoms with E-state index in [0.29, 0.717) is 18.1 Å². The highest BCUT2D eigenvalue weighted by atomic mass is 32.2. The zero-order valence-electron chi connectivity index (χ0n) is 11.7. The third kappa shape index (κ3) is 3.61. The van der Waals surface area contributed by atoms with Crippen molar-refractivity contribution in [3.8, 4) is 0 Å². The van der Waals surface area contributed by atoms with E-state index in [0.717, 1.165) is 12.8 Å². The van der Waals surface area contributed by atoms with Crippen molar-refractivity contribution in [2.75, 3.05) is 18.2 Å². The van der Waals surface area contributed by atoms with E-state index < -0.39 is 0 Å². The Morgan fingerprint density at radius 1 is 1.35 bits per heavy atom. The van der Waals surface area contributed by atoms with Gasteiger partial charge in [-0.2, -0.15) is 11.8 Å². The molecule has 7 heteroatoms. The highest BCUT2D eigenvalue weighted by Crippen LogP contribution is 2.37. The molecule has 1 heterocycles. The number of aromatic nitrogens is 2. The van der Waals surface area contributed by atoms with Crippen LogP contribution in [0.5, 0.6) is 0 Å². The van der Waals surface area contributed by atoms with Crippen molar-refractivity contribution in [1.29, 1.82) is 0 Å². The first-order chi connectivity index (χ1) is 9.69. The maximum absolute atomic E-state index is 12.1. The number of hydrazine groups is 1. The zero-order chi connectivity index (χ0) is 14.4. The molecule has 1 aromatic heterocycles. The van der Waals surface area contributed by atoms with Crippen LogP contribution in [0.4, 0.5) is 5.82 Å². The summed E-state index contributed by atoms with van der Waals surface area (Å²) in [6.07, 6.45) is 8.24. The molecule has 110 valence electrons. The number of nitrogens with two attached hydrogens (primary N) is 1. The summed E-state index contributed by atoms with van der Waals surface area (Å²) in [5.41, 5.74) is 2.70. The molecule has 1 fully saturated rings. The number of nitrogens with one attached hydrogen (secondary N) is 2. The fourth-order valence-electron chi connectivity index (χ4n) is 2.51. The number of thioether (sulfide) groups is 1. The Labute approximate surface area is 123 Å². The number of rotatable bonds is 5. The summed E-state index contributed by atoms with van der Waals surface area (Å²) in [4.78, 5) is 12.1. The van der Waals surface area contributed by atoms with E-state index in [1.54, 1.807) is 12.1 Å². The molecule has 0 aromatic carbocycles. The molecule has 0 spiro atoms. The van der Waals surface area contributed by atoms with Crippen molar-refractivity contribution in [2.24, 2.45) is 5.84 Å². The second-order valence-electron chi connectivity index (χ2n) is 5.08. The Balaban J connectivity index is 1.93. The summed E-state index contributed by atoms with van der Waals surface area (Å²) >= 11 is 1.86. The summed E-state index contributed by atoms with van der Waals surface area (Å²) in [6.45, 7) is 0.686. The molecule has 1 aliphatic carbocycles. The van der Waals surface area contributed by atoms with Gasteiger partial charge in [-0.3, -0.25) is 4.79 Å². The number of hydrogen-bond acceptors (Lipinski definition) is 6. The fraction of sp³-hybridized carbons (Fsp3) is 0.615. The molecule has 0 bridgehead atoms. The third-order valence-electron chi connectivity index (χ3n) is 3.81. The average Bonchev–Trinajstić information content (AvgIpc) is 2.53. The average molecular weight is 295 g/mol. The molecule has 6 nitrogen and oxygen atoms in total. The molecular formula is C13H21N5OS. The molecule has 2 rings (SSSR count). The van der Waals surface area contributed by atoms with Gasteiger partial charge in [-0.05, 0) is 31.2 Å². The Kier molecular flexibility index (Phi) is 5.19. The number of amides is 1. The summed E-state index contributed by atoms with van der Waals surface area (Å²) in [5.74, 6) is 5.47. The fourth-order valence-corrected chi connectivity index (χ4v) is 3.42. The molecule has 0 aliphatic heterocycles. The van der Waals surface area contributed by atoms with Crippen LogP contribution in [0.25, 0.3) is 0 Å². The lowest BCUT2D eigenvalue weighted by Gasteiger charge is -2.35. The van der Waals surface area contributed by atoms with Crippen LogP contribution < -0.4 is 16.6 Å². The van der Waals surface area contributed by atoms with Gasteiger partial charge in [0, 0.05) is 11.3 Å². The van der Waals surface area contributed by atoms with E-state index >= 15 is 0 Å². The van der Waals surface area contributed by atoms with Gasteiger partial charge in [0.15, 0.2) is 11.5 Å². The maximum atomic E-state index is 12.1. The maximum Gasteiger partial charge on any atom is 0.271 e. The van der Waals surface area contributed by atoms with Crippen molar-refractivity contribution >= 4 is 23.5 Å². The van der Waals surface area contributed by atoms with E-state index in [4.69, 9.17) is 5.84 Å². The number of nitrogen functional groups attached to an aromatic ring is 1. The SMILES string of the molecule is CSC1(CNC(=O)c2ccc(NN)nn2)CCCCC1. The number of hydrogen-bond donors (Lipinski definition) is 3. The second-order valence-corrected chi connectivity index (χ2v) is 6.35. The van der Waals surface area contributed by atoms with Crippen LogP contribution in [-0.2, 0) is 0 Å². The van der Waals surface area contributed by atoms with Crippen molar-refractivity contribution in [3.63, 3.8) is 0 Å². The van der Waals surface area contributed by atoms with Crippen molar-refractivity contribution < 1.29 is 4.79 Å². The first-order valence-electron chi connectivity index (χ1n) is 6.83. The van der Waals surface area contributed by atoms with Crippen molar-refractivity contribution in [2.45, 2.75) is 36.9 Å². The predicted octanol–water partition coefficient (Wildman–Crippen LogP) is 1.56. The molecule has 1 saturated carbocycles. The van der Waals surface area contributed by atoms with Crippen molar-refractivity contribution in [3.05, 3.63) is 17.8 Å². The second kappa shape index (κ2) is 6.90. The van der Waals surface area contributed by atoms with Gasteiger partial charge in [0.2, 0.25) is 0 Å². The molecule has 1 aromatic rings. The minimum Gasteiger partial charge on any atom is -0.349 e. The molecule has 1 amide bonds. The molecule has 0 atom stereocenters. The van der Waals surface area contributed by atoms with Crippen LogP contribution in [0.15, 0.2) is 12.1 Å². The van der Waals surface area contributed by atoms with Crippen LogP contribution >= 0.6 is 11.8 Å². The Morgan fingerprint density at radius 2 is 2.10 bits per heavy atom. The van der Waals surface area contributed by atoms with Gasteiger partial charge in [0.05, 0.1) is 0 Å². The molecule has 20 heavy (non-hydrogen) atoms. The summed E-state index contributed by atoms with van der Waals surface area (Å²) in [6, 6.07) is 3.25. The smallest absolute Gasteiger partial charge is 0.271 e. The standard InChI is InChI=1S/C13H21N5OS/c1-20-13(7-3-2-4-8-13)9-15-12(19)10-5-6-11(16-14)18-17-10/h5-6H,2-4,7-9,14H2,1H3,(H,15,19)(H,16,18). The quantitative estimate of drug-likeness (QED) is 0.564. The number of nitrogens with zero attached hydrogens (tertiary/aromatic N) is 2. The zero-order valence-corrected chi connectivity index (χ0v) is 12.5. The Bertz CT molecular complexity index is 445. The number of carbonyl (C=O) groups excluding carboxylic acids is 1. The lowest BCUT2D eigenvalue weighted by Crippen LogP contribution is -2.42. The van der Waals surface area contributed by atoms with Gasteiger partial charge < -0.3 is 10.7 Å². The predicted molar refractivity (Wildman–Crippen MR) is 81.5 cm³/mol. The molecule has 0 unspecified atom stereocenters. The van der Waals surface area contributed by atoms with E-state index in [-0.39, 0.29) is 10.7 Å². The first kappa shape index (κ1) is 15.1. The largest absolute Gasteiger partial charge is 0.349 e. The topological polar surface area (TPSA) is 92.9 Å². The minimum atomic E-state index is -0.180. The molecule has 0 radical (unpaired) electrons. The molecular weight excluding hydrogens is 274 g/mol. The Hall–Kier alpha value is -1.34. The van der Waals surface area contributed by atoms with Crippen molar-refractivity contribution in [1.82, 2.24) is 15.5 Å². The summed E-state index contributed by atoms with van der Waals surface area (Å²) in [7, 11) is 0. The first-order valence-corrected chi connectivity index (χ1v) is 8.05. The van der Waals surface area contributed by atoms with E-state index in [1.165, 1.54) is 19.3 Å². The van der Waals surface area contributed by atoms with Crippen LogP contribution in [-0.4, -0.2) is 33.7 Å². The summed E-state index contributed by atoms with van der Waals surface area (Å²) in [5, 5.41) is 10.6. The normalized spacial score (nSPS) is 17.5. The molecule has 0 saturated heterocycles. The third-order valence-corrected chi connectivity index (χ3v) is 5.23. The highest BCUT2D eigenvalue weighted by Gasteiger charge is 2.31. The number of carbonyl (C=O) groups is 1. The van der Waals surface area contributed by atoms with Crippen LogP contribution in [0.3, 0.4) is 0 Å². The van der Waals surface area contributed by atoms with Gasteiger partial charge in [-0.15, -0.1) is 10.2 Å². The molecule has 4 N–H and O–H groups in total. The van der Waals surface area contributed by atoms with E-state index in [1.807, 2.05) is 11.8 Å². The summed E-state index contributed by atoms with van der Waals surface area (Å²) < 4.78 is 0.181. The van der Waals surface area contributed by atoms with Gasteiger partial charge in [-0.1, -0.05) is 19.3 Å². The number of anilines is 1. The van der Waals surface area contributed by atoms with Crippen LogP contribution in [0, 0.1) is 0 Å². The lowest BCUT2D eigenvalue weighted by molar-refractivity contribution is 0.0941. The van der Waals surface area contributed by atoms with Gasteiger partial charge in [-0.25, -0.2) is 5.84 Å². The monoisotopic (exact) mass is 295 g/mol.